The predicted molar refractivity (Wildman–Crippen MR) is 36.5 cm³/mol. The number of hydroxylamine groups is 1. The zero-order chi connectivity index (χ0) is 7.78. The van der Waals surface area contributed by atoms with Crippen molar-refractivity contribution >= 4 is 0 Å². The minimum absolute atomic E-state index is 1.40. The molecular formula is C6H7N3O2. The highest BCUT2D eigenvalue weighted by Crippen LogP contribution is 1.80. The van der Waals surface area contributed by atoms with Crippen LogP contribution >= 0.6 is 0 Å². The highest BCUT2D eigenvalue weighted by atomic mass is 17.3. The van der Waals surface area contributed by atoms with E-state index in [0.717, 1.165) is 0 Å². The van der Waals surface area contributed by atoms with Gasteiger partial charge in [-0.2, -0.15) is 10.2 Å². The van der Waals surface area contributed by atoms with Crippen LogP contribution in [0.5, 0.6) is 0 Å². The highest BCUT2D eigenvalue weighted by Gasteiger charge is 1.81. The fraction of sp³-hybridized carbons (Fsp3) is 0. The molecular weight excluding hydrogens is 146 g/mol. The molecule has 58 valence electrons. The third-order valence-corrected chi connectivity index (χ3v) is 0.771. The van der Waals surface area contributed by atoms with Crippen molar-refractivity contribution in [3.05, 3.63) is 37.0 Å². The molecule has 0 bridgehead atoms. The molecule has 2 rings (SSSR count). The first kappa shape index (κ1) is 7.49. The fourth-order valence-corrected chi connectivity index (χ4v) is 0.392. The molecule has 0 saturated carbocycles. The van der Waals surface area contributed by atoms with Crippen LogP contribution in [0, 0.1) is 0 Å². The van der Waals surface area contributed by atoms with Crippen molar-refractivity contribution in [3.8, 4) is 0 Å². The predicted octanol–water partition coefficient (Wildman–Crippen LogP) is 0.401. The second-order valence-electron chi connectivity index (χ2n) is 1.51. The molecule has 0 aliphatic carbocycles. The van der Waals surface area contributed by atoms with Gasteiger partial charge in [0.1, 0.15) is 6.26 Å². The zero-order valence-electron chi connectivity index (χ0n) is 5.68. The van der Waals surface area contributed by atoms with Gasteiger partial charge in [0.05, 0.1) is 6.20 Å². The summed E-state index contributed by atoms with van der Waals surface area (Å²) in [5.74, 6) is 0. The van der Waals surface area contributed by atoms with Gasteiger partial charge in [0.2, 0.25) is 0 Å². The Morgan fingerprint density at radius 3 is 2.00 bits per heavy atom. The van der Waals surface area contributed by atoms with E-state index in [1.807, 2.05) is 12.1 Å². The first-order chi connectivity index (χ1) is 5.50. The van der Waals surface area contributed by atoms with Gasteiger partial charge in [-0.25, -0.2) is 5.48 Å². The molecule has 1 aliphatic rings. The first-order valence-corrected chi connectivity index (χ1v) is 2.94. The molecule has 11 heavy (non-hydrogen) atoms. The Morgan fingerprint density at radius 1 is 1.09 bits per heavy atom. The molecule has 1 aromatic heterocycles. The fourth-order valence-electron chi connectivity index (χ4n) is 0.392. The second-order valence-corrected chi connectivity index (χ2v) is 1.51. The maximum atomic E-state index is 4.15. The van der Waals surface area contributed by atoms with Crippen LogP contribution in [0.1, 0.15) is 0 Å². The average Bonchev–Trinajstić information content (AvgIpc) is 2.64. The van der Waals surface area contributed by atoms with E-state index >= 15 is 0 Å². The molecule has 1 aromatic rings. The van der Waals surface area contributed by atoms with Crippen molar-refractivity contribution in [2.45, 2.75) is 0 Å². The van der Waals surface area contributed by atoms with Gasteiger partial charge in [0.15, 0.2) is 0 Å². The number of aromatic nitrogens is 2. The number of hydrogen-bond donors (Lipinski definition) is 1. The molecule has 0 atom stereocenters. The molecule has 0 aromatic carbocycles. The Morgan fingerprint density at radius 2 is 1.82 bits per heavy atom. The van der Waals surface area contributed by atoms with Crippen LogP contribution in [0.3, 0.4) is 0 Å². The van der Waals surface area contributed by atoms with Crippen LogP contribution in [0.4, 0.5) is 0 Å². The molecule has 2 heterocycles. The number of hydrogen-bond acceptors (Lipinski definition) is 5. The van der Waals surface area contributed by atoms with Gasteiger partial charge in [-0.05, 0) is 12.1 Å². The molecule has 0 amide bonds. The van der Waals surface area contributed by atoms with E-state index in [-0.39, 0.29) is 0 Å². The summed E-state index contributed by atoms with van der Waals surface area (Å²) >= 11 is 0. The number of nitrogens with one attached hydrogen (secondary N) is 1. The van der Waals surface area contributed by atoms with Crippen molar-refractivity contribution in [3.63, 3.8) is 0 Å². The van der Waals surface area contributed by atoms with E-state index in [2.05, 4.69) is 25.6 Å². The third-order valence-electron chi connectivity index (χ3n) is 0.771. The van der Waals surface area contributed by atoms with E-state index in [9.17, 15) is 0 Å². The van der Waals surface area contributed by atoms with Crippen molar-refractivity contribution in [1.29, 1.82) is 0 Å². The molecule has 1 N–H and O–H groups in total. The van der Waals surface area contributed by atoms with Crippen LogP contribution in [0.2, 0.25) is 0 Å². The van der Waals surface area contributed by atoms with Gasteiger partial charge in [0.25, 0.3) is 0 Å². The Bertz CT molecular complexity index is 170. The summed E-state index contributed by atoms with van der Waals surface area (Å²) < 4.78 is 0. The van der Waals surface area contributed by atoms with E-state index in [0.29, 0.717) is 0 Å². The Balaban J connectivity index is 0.000000112. The summed E-state index contributed by atoms with van der Waals surface area (Å²) in [5.41, 5.74) is 2.32. The maximum absolute atomic E-state index is 4.15. The van der Waals surface area contributed by atoms with Gasteiger partial charge in [-0.15, -0.1) is 0 Å². The SMILES string of the molecule is C1=COON1.c1ccnnc1. The van der Waals surface area contributed by atoms with E-state index in [1.54, 1.807) is 18.6 Å². The van der Waals surface area contributed by atoms with Gasteiger partial charge in [-0.3, -0.25) is 0 Å². The molecule has 0 saturated heterocycles. The number of nitrogens with zero attached hydrogens (tertiary/aromatic N) is 2. The summed E-state index contributed by atoms with van der Waals surface area (Å²) in [6.07, 6.45) is 6.22. The minimum atomic E-state index is 1.40. The molecule has 0 unspecified atom stereocenters. The van der Waals surface area contributed by atoms with Crippen LogP contribution in [-0.2, 0) is 9.88 Å². The molecule has 0 spiro atoms. The molecule has 0 radical (unpaired) electrons. The van der Waals surface area contributed by atoms with E-state index in [4.69, 9.17) is 0 Å². The lowest BCUT2D eigenvalue weighted by atomic mass is 10.6. The van der Waals surface area contributed by atoms with Crippen molar-refractivity contribution < 1.29 is 9.88 Å². The normalized spacial score (nSPS) is 12.4. The summed E-state index contributed by atoms with van der Waals surface area (Å²) in [6.45, 7) is 0. The van der Waals surface area contributed by atoms with E-state index in [1.165, 1.54) is 6.26 Å². The van der Waals surface area contributed by atoms with Gasteiger partial charge < -0.3 is 4.89 Å². The average molecular weight is 153 g/mol. The Kier molecular flexibility index (Phi) is 3.53. The van der Waals surface area contributed by atoms with Gasteiger partial charge >= 0.3 is 0 Å². The quantitative estimate of drug-likeness (QED) is 0.547. The van der Waals surface area contributed by atoms with Crippen molar-refractivity contribution in [2.75, 3.05) is 0 Å². The van der Waals surface area contributed by atoms with Crippen molar-refractivity contribution in [2.24, 2.45) is 0 Å². The highest BCUT2D eigenvalue weighted by molar-refractivity contribution is 4.79. The Hall–Kier alpha value is -1.62. The minimum Gasteiger partial charge on any atom is -0.321 e. The lowest BCUT2D eigenvalue weighted by Crippen LogP contribution is -1.94. The lowest BCUT2D eigenvalue weighted by molar-refractivity contribution is -0.264. The number of rotatable bonds is 0. The van der Waals surface area contributed by atoms with Crippen LogP contribution in [0.25, 0.3) is 0 Å². The molecule has 0 fully saturated rings. The largest absolute Gasteiger partial charge is 0.321 e. The van der Waals surface area contributed by atoms with Gasteiger partial charge in [-0.1, -0.05) is 4.99 Å². The summed E-state index contributed by atoms with van der Waals surface area (Å²) in [5, 5.41) is 7.07. The summed E-state index contributed by atoms with van der Waals surface area (Å²) in [4.78, 5) is 8.24. The van der Waals surface area contributed by atoms with Crippen LogP contribution in [-0.4, -0.2) is 10.2 Å². The van der Waals surface area contributed by atoms with Crippen molar-refractivity contribution in [1.82, 2.24) is 15.7 Å². The Labute approximate surface area is 63.5 Å². The topological polar surface area (TPSA) is 56.3 Å². The second kappa shape index (κ2) is 5.19. The van der Waals surface area contributed by atoms with Crippen LogP contribution in [0.15, 0.2) is 37.0 Å². The molecule has 5 heteroatoms. The van der Waals surface area contributed by atoms with Gasteiger partial charge in [0, 0.05) is 12.4 Å². The molecule has 5 nitrogen and oxygen atoms in total. The molecule has 1 aliphatic heterocycles. The zero-order valence-corrected chi connectivity index (χ0v) is 5.68. The smallest absolute Gasteiger partial charge is 0.150 e. The van der Waals surface area contributed by atoms with Crippen LogP contribution < -0.4 is 5.48 Å². The summed E-state index contributed by atoms with van der Waals surface area (Å²) in [6, 6.07) is 3.65. The summed E-state index contributed by atoms with van der Waals surface area (Å²) in [7, 11) is 0. The lowest BCUT2D eigenvalue weighted by Gasteiger charge is -1.81. The maximum Gasteiger partial charge on any atom is 0.150 e. The first-order valence-electron chi connectivity index (χ1n) is 2.94. The van der Waals surface area contributed by atoms with E-state index < -0.39 is 0 Å². The monoisotopic (exact) mass is 153 g/mol. The standard InChI is InChI=1S/C4H4N2.C2H3NO2/c1-2-4-6-5-3-1;1-2-4-5-3-1/h1-4H;1-3H. The third kappa shape index (κ3) is 3.88.